The Hall–Kier alpha value is -4.66. The lowest BCUT2D eigenvalue weighted by atomic mass is 10.0. The largest absolute Gasteiger partial charge is 0.494 e. The van der Waals surface area contributed by atoms with E-state index in [2.05, 4.69) is 20.0 Å². The fourth-order valence-corrected chi connectivity index (χ4v) is 7.76. The van der Waals surface area contributed by atoms with Gasteiger partial charge in [-0.1, -0.05) is 46.9 Å². The maximum atomic E-state index is 15.4. The molecule has 6 aromatic rings. The van der Waals surface area contributed by atoms with Crippen molar-refractivity contribution in [1.82, 2.24) is 9.97 Å². The van der Waals surface area contributed by atoms with Crippen LogP contribution in [0.15, 0.2) is 77.7 Å². The highest BCUT2D eigenvalue weighted by atomic mass is 32.2. The number of ketones is 1. The molecule has 0 bridgehead atoms. The van der Waals surface area contributed by atoms with Gasteiger partial charge in [-0.25, -0.2) is 27.2 Å². The summed E-state index contributed by atoms with van der Waals surface area (Å²) in [6, 6.07) is 18.3. The minimum Gasteiger partial charge on any atom is -0.494 e. The summed E-state index contributed by atoms with van der Waals surface area (Å²) in [5.41, 5.74) is 2.76. The van der Waals surface area contributed by atoms with Crippen molar-refractivity contribution in [2.75, 3.05) is 30.8 Å². The van der Waals surface area contributed by atoms with E-state index in [4.69, 9.17) is 9.47 Å². The molecule has 0 aliphatic carbocycles. The van der Waals surface area contributed by atoms with Gasteiger partial charge in [0.15, 0.2) is 16.0 Å². The average Bonchev–Trinajstić information content (AvgIpc) is 3.63. The molecule has 0 amide bonds. The van der Waals surface area contributed by atoms with Crippen LogP contribution in [-0.2, 0) is 21.2 Å². The molecule has 0 spiro atoms. The van der Waals surface area contributed by atoms with Gasteiger partial charge in [-0.05, 0) is 65.2 Å². The van der Waals surface area contributed by atoms with Gasteiger partial charge in [0.1, 0.15) is 39.1 Å². The number of methoxy groups -OCH3 is 2. The lowest BCUT2D eigenvalue weighted by molar-refractivity contribution is -0.116. The van der Waals surface area contributed by atoms with Gasteiger partial charge in [0.2, 0.25) is 0 Å². The molecule has 0 aliphatic rings. The average molecular weight is 667 g/mol. The van der Waals surface area contributed by atoms with Crippen molar-refractivity contribution >= 4 is 69.2 Å². The Labute approximate surface area is 264 Å². The number of halogens is 2. The van der Waals surface area contributed by atoms with Gasteiger partial charge >= 0.3 is 0 Å². The van der Waals surface area contributed by atoms with Gasteiger partial charge in [-0.15, -0.1) is 0 Å². The lowest BCUT2D eigenvalue weighted by Gasteiger charge is -2.10. The first-order valence-electron chi connectivity index (χ1n) is 13.4. The fraction of sp³-hybridized carbons (Fsp3) is 0.129. The molecule has 0 fully saturated rings. The van der Waals surface area contributed by atoms with Crippen LogP contribution in [0.1, 0.15) is 5.56 Å². The first-order chi connectivity index (χ1) is 21.6. The number of Topliss-reactive ketones (excluding diaryl/α,β-unsaturated/α-hetero) is 1. The molecule has 230 valence electrons. The van der Waals surface area contributed by atoms with E-state index in [-0.39, 0.29) is 29.7 Å². The second-order valence-corrected chi connectivity index (χ2v) is 13.5. The Morgan fingerprint density at radius 2 is 1.53 bits per heavy atom. The summed E-state index contributed by atoms with van der Waals surface area (Å²) in [6.45, 7) is 0.0200. The van der Waals surface area contributed by atoms with Crippen LogP contribution >= 0.6 is 22.7 Å². The molecule has 2 N–H and O–H groups in total. The maximum absolute atomic E-state index is 15.4. The number of hydrogen-bond acceptors (Lipinski definition) is 10. The number of thiazole rings is 2. The molecule has 2 aromatic heterocycles. The smallest absolute Gasteiger partial charge is 0.266 e. The van der Waals surface area contributed by atoms with Gasteiger partial charge < -0.3 is 14.8 Å². The number of aromatic nitrogens is 2. The molecule has 0 radical (unpaired) electrons. The van der Waals surface area contributed by atoms with Crippen molar-refractivity contribution in [2.24, 2.45) is 0 Å². The zero-order chi connectivity index (χ0) is 31.7. The normalized spacial score (nSPS) is 11.6. The molecule has 0 unspecified atom stereocenters. The second kappa shape index (κ2) is 12.4. The van der Waals surface area contributed by atoms with Crippen LogP contribution < -0.4 is 19.5 Å². The van der Waals surface area contributed by atoms with Crippen molar-refractivity contribution in [3.05, 3.63) is 90.0 Å². The summed E-state index contributed by atoms with van der Waals surface area (Å²) in [5.74, 6) is -0.485. The van der Waals surface area contributed by atoms with Crippen LogP contribution in [0, 0.1) is 11.6 Å². The van der Waals surface area contributed by atoms with Crippen molar-refractivity contribution < 1.29 is 31.5 Å². The number of anilines is 2. The third-order valence-electron chi connectivity index (χ3n) is 6.81. The highest BCUT2D eigenvalue weighted by Gasteiger charge is 2.23. The number of fused-ring (bicyclic) bond motifs is 2. The number of carbonyl (C=O) groups is 1. The molecule has 0 aliphatic heterocycles. The Bertz CT molecular complexity index is 2170. The third kappa shape index (κ3) is 6.43. The first kappa shape index (κ1) is 30.4. The maximum Gasteiger partial charge on any atom is 0.266 e. The summed E-state index contributed by atoms with van der Waals surface area (Å²) >= 11 is 2.39. The monoisotopic (exact) mass is 666 g/mol. The predicted molar refractivity (Wildman–Crippen MR) is 172 cm³/mol. The van der Waals surface area contributed by atoms with Gasteiger partial charge in [-0.2, -0.15) is 0 Å². The summed E-state index contributed by atoms with van der Waals surface area (Å²) in [5, 5.41) is 3.60. The van der Waals surface area contributed by atoms with Crippen LogP contribution in [0.25, 0.3) is 31.6 Å². The molecule has 9 nitrogen and oxygen atoms in total. The number of nitrogens with one attached hydrogen (secondary N) is 2. The van der Waals surface area contributed by atoms with Crippen molar-refractivity contribution in [3.8, 4) is 22.6 Å². The summed E-state index contributed by atoms with van der Waals surface area (Å²) in [6.07, 6.45) is 0.147. The zero-order valence-corrected chi connectivity index (χ0v) is 26.2. The van der Waals surface area contributed by atoms with E-state index in [9.17, 15) is 17.6 Å². The van der Waals surface area contributed by atoms with Gasteiger partial charge in [0.05, 0.1) is 30.2 Å². The van der Waals surface area contributed by atoms with Crippen LogP contribution in [0.5, 0.6) is 11.5 Å². The zero-order valence-electron chi connectivity index (χ0n) is 23.8. The van der Waals surface area contributed by atoms with Gasteiger partial charge in [0, 0.05) is 6.42 Å². The van der Waals surface area contributed by atoms with E-state index in [0.717, 1.165) is 17.4 Å². The van der Waals surface area contributed by atoms with Crippen molar-refractivity contribution in [3.63, 3.8) is 0 Å². The number of rotatable bonds is 11. The number of nitrogens with zero attached hydrogens (tertiary/aromatic N) is 2. The number of ether oxygens (including phenoxy) is 2. The second-order valence-electron chi connectivity index (χ2n) is 9.82. The Morgan fingerprint density at radius 3 is 2.27 bits per heavy atom. The number of para-hydroxylation sites is 1. The van der Waals surface area contributed by atoms with E-state index in [1.165, 1.54) is 49.8 Å². The SMILES string of the molecule is COc1cc(-c2ccc(S(=O)(=O)Nc3nc4c(OC)cccc4s3)c(F)c2)cc2sc(NCC(=O)Cc3ccc(F)cc3)nc12. The topological polar surface area (TPSA) is 120 Å². The van der Waals surface area contributed by atoms with E-state index in [1.54, 1.807) is 42.5 Å². The fourth-order valence-electron chi connectivity index (χ4n) is 4.66. The van der Waals surface area contributed by atoms with Crippen LogP contribution in [0.2, 0.25) is 0 Å². The molecule has 6 rings (SSSR count). The van der Waals surface area contributed by atoms with Gasteiger partial charge in [0.25, 0.3) is 10.0 Å². The number of carbonyl (C=O) groups excluding carboxylic acids is 1. The van der Waals surface area contributed by atoms with E-state index in [0.29, 0.717) is 53.8 Å². The lowest BCUT2D eigenvalue weighted by Crippen LogP contribution is -2.15. The number of benzene rings is 4. The van der Waals surface area contributed by atoms with Crippen LogP contribution in [0.3, 0.4) is 0 Å². The highest BCUT2D eigenvalue weighted by Crippen LogP contribution is 2.38. The summed E-state index contributed by atoms with van der Waals surface area (Å²) in [4.78, 5) is 20.8. The number of sulfonamides is 1. The van der Waals surface area contributed by atoms with Crippen LogP contribution in [0.4, 0.5) is 19.0 Å². The molecular formula is C31H24F2N4O5S3. The highest BCUT2D eigenvalue weighted by molar-refractivity contribution is 7.93. The van der Waals surface area contributed by atoms with E-state index >= 15 is 4.39 Å². The quantitative estimate of drug-likeness (QED) is 0.153. The summed E-state index contributed by atoms with van der Waals surface area (Å²) in [7, 11) is -1.31. The van der Waals surface area contributed by atoms with Gasteiger partial charge in [-0.3, -0.25) is 9.52 Å². The molecule has 45 heavy (non-hydrogen) atoms. The number of hydrogen-bond donors (Lipinski definition) is 2. The van der Waals surface area contributed by atoms with E-state index < -0.39 is 20.7 Å². The predicted octanol–water partition coefficient (Wildman–Crippen LogP) is 6.89. The van der Waals surface area contributed by atoms with Crippen molar-refractivity contribution in [2.45, 2.75) is 11.3 Å². The Balaban J connectivity index is 1.21. The molecule has 0 atom stereocenters. The molecule has 0 saturated carbocycles. The minimum atomic E-state index is -4.29. The molecule has 0 saturated heterocycles. The minimum absolute atomic E-state index is 0.0200. The molecule has 2 heterocycles. The molecular weight excluding hydrogens is 643 g/mol. The van der Waals surface area contributed by atoms with E-state index in [1.807, 2.05) is 0 Å². The third-order valence-corrected chi connectivity index (χ3v) is 10.2. The Kier molecular flexibility index (Phi) is 8.36. The van der Waals surface area contributed by atoms with Crippen LogP contribution in [-0.4, -0.2) is 44.9 Å². The standard InChI is InChI=1S/C31H24F2N4O5S3/c1-41-23-4-3-5-25-28(23)36-31(43-25)37-45(39,40)27-11-8-18(13-22(27)33)19-14-24(42-2)29-26(15-19)44-30(35-29)34-16-21(38)12-17-6-9-20(32)10-7-17/h3-11,13-15H,12,16H2,1-2H3,(H,34,35)(H,36,37). The summed E-state index contributed by atoms with van der Waals surface area (Å²) < 4.78 is 69.3. The molecule has 4 aromatic carbocycles. The Morgan fingerprint density at radius 1 is 0.822 bits per heavy atom. The molecule has 14 heteroatoms. The first-order valence-corrected chi connectivity index (χ1v) is 16.5. The van der Waals surface area contributed by atoms with Crippen molar-refractivity contribution in [1.29, 1.82) is 0 Å².